The molecule has 0 aliphatic carbocycles. The average molecular weight is 302 g/mol. The zero-order valence-electron chi connectivity index (χ0n) is 12.2. The Morgan fingerprint density at radius 2 is 2.15 bits per heavy atom. The highest BCUT2D eigenvalue weighted by Crippen LogP contribution is 2.04. The SMILES string of the molecule is Cc1c(C(=O)NCCCN2CCNCC2)cnn1C.Cl. The van der Waals surface area contributed by atoms with E-state index < -0.39 is 0 Å². The third kappa shape index (κ3) is 4.47. The molecule has 1 aliphatic heterocycles. The number of nitrogens with one attached hydrogen (secondary N) is 2. The summed E-state index contributed by atoms with van der Waals surface area (Å²) in [5.74, 6) is -0.0223. The summed E-state index contributed by atoms with van der Waals surface area (Å²) in [6.45, 7) is 8.03. The fraction of sp³-hybridized carbons (Fsp3) is 0.692. The van der Waals surface area contributed by atoms with Crippen molar-refractivity contribution in [1.82, 2.24) is 25.3 Å². The molecule has 1 aromatic heterocycles. The van der Waals surface area contributed by atoms with Gasteiger partial charge in [0.2, 0.25) is 0 Å². The van der Waals surface area contributed by atoms with Crippen LogP contribution in [0.15, 0.2) is 6.20 Å². The highest BCUT2D eigenvalue weighted by Gasteiger charge is 2.12. The van der Waals surface area contributed by atoms with Gasteiger partial charge >= 0.3 is 0 Å². The van der Waals surface area contributed by atoms with E-state index in [1.54, 1.807) is 10.9 Å². The molecule has 2 N–H and O–H groups in total. The molecule has 0 bridgehead atoms. The van der Waals surface area contributed by atoms with Gasteiger partial charge in [0.25, 0.3) is 5.91 Å². The van der Waals surface area contributed by atoms with Gasteiger partial charge in [-0.2, -0.15) is 5.10 Å². The summed E-state index contributed by atoms with van der Waals surface area (Å²) in [6, 6.07) is 0. The summed E-state index contributed by atoms with van der Waals surface area (Å²) in [5.41, 5.74) is 1.57. The molecule has 20 heavy (non-hydrogen) atoms. The van der Waals surface area contributed by atoms with Gasteiger partial charge < -0.3 is 15.5 Å². The molecule has 1 fully saturated rings. The predicted octanol–water partition coefficient (Wildman–Crippen LogP) is 0.175. The molecule has 1 aliphatic rings. The minimum Gasteiger partial charge on any atom is -0.352 e. The number of hydrogen-bond acceptors (Lipinski definition) is 4. The molecule has 0 unspecified atom stereocenters. The molecule has 0 spiro atoms. The number of piperazine rings is 1. The van der Waals surface area contributed by atoms with Crippen LogP contribution >= 0.6 is 12.4 Å². The molecule has 2 rings (SSSR count). The van der Waals surface area contributed by atoms with Crippen LogP contribution in [-0.2, 0) is 7.05 Å². The number of hydrogen-bond donors (Lipinski definition) is 2. The molecular weight excluding hydrogens is 278 g/mol. The van der Waals surface area contributed by atoms with Gasteiger partial charge in [-0.25, -0.2) is 0 Å². The third-order valence-corrected chi connectivity index (χ3v) is 3.63. The van der Waals surface area contributed by atoms with E-state index in [-0.39, 0.29) is 18.3 Å². The van der Waals surface area contributed by atoms with Crippen molar-refractivity contribution >= 4 is 18.3 Å². The van der Waals surface area contributed by atoms with Crippen LogP contribution in [0.2, 0.25) is 0 Å². The molecule has 1 aromatic rings. The first kappa shape index (κ1) is 16.9. The van der Waals surface area contributed by atoms with Crippen molar-refractivity contribution in [2.75, 3.05) is 39.3 Å². The van der Waals surface area contributed by atoms with Gasteiger partial charge in [-0.1, -0.05) is 0 Å². The molecular formula is C13H24ClN5O. The Bertz CT molecular complexity index is 428. The second kappa shape index (κ2) is 8.24. The van der Waals surface area contributed by atoms with Crippen molar-refractivity contribution in [1.29, 1.82) is 0 Å². The van der Waals surface area contributed by atoms with Crippen molar-refractivity contribution in [3.05, 3.63) is 17.5 Å². The lowest BCUT2D eigenvalue weighted by Crippen LogP contribution is -2.44. The smallest absolute Gasteiger partial charge is 0.254 e. The summed E-state index contributed by atoms with van der Waals surface area (Å²) in [7, 11) is 1.84. The first-order valence-corrected chi connectivity index (χ1v) is 6.88. The third-order valence-electron chi connectivity index (χ3n) is 3.63. The van der Waals surface area contributed by atoms with E-state index >= 15 is 0 Å². The highest BCUT2D eigenvalue weighted by molar-refractivity contribution is 5.94. The van der Waals surface area contributed by atoms with Gasteiger partial charge in [-0.15, -0.1) is 12.4 Å². The molecule has 7 heteroatoms. The fourth-order valence-corrected chi connectivity index (χ4v) is 2.26. The minimum absolute atomic E-state index is 0. The van der Waals surface area contributed by atoms with E-state index in [1.807, 2.05) is 14.0 Å². The molecule has 0 aromatic carbocycles. The van der Waals surface area contributed by atoms with Gasteiger partial charge in [0.1, 0.15) is 0 Å². The first-order valence-electron chi connectivity index (χ1n) is 6.88. The van der Waals surface area contributed by atoms with Crippen LogP contribution in [0.1, 0.15) is 22.5 Å². The van der Waals surface area contributed by atoms with Gasteiger partial charge in [0.05, 0.1) is 11.8 Å². The lowest BCUT2D eigenvalue weighted by molar-refractivity contribution is 0.0950. The second-order valence-electron chi connectivity index (χ2n) is 4.97. The predicted molar refractivity (Wildman–Crippen MR) is 81.5 cm³/mol. The number of carbonyl (C=O) groups is 1. The zero-order chi connectivity index (χ0) is 13.7. The topological polar surface area (TPSA) is 62.2 Å². The highest BCUT2D eigenvalue weighted by atomic mass is 35.5. The van der Waals surface area contributed by atoms with E-state index in [0.29, 0.717) is 5.56 Å². The van der Waals surface area contributed by atoms with Crippen molar-refractivity contribution in [2.45, 2.75) is 13.3 Å². The summed E-state index contributed by atoms with van der Waals surface area (Å²) >= 11 is 0. The van der Waals surface area contributed by atoms with Crippen LogP contribution in [0, 0.1) is 6.92 Å². The Kier molecular flexibility index (Phi) is 6.98. The maximum atomic E-state index is 11.9. The summed E-state index contributed by atoms with van der Waals surface area (Å²) in [6.07, 6.45) is 2.62. The van der Waals surface area contributed by atoms with Gasteiger partial charge in [0, 0.05) is 45.5 Å². The number of halogens is 1. The lowest BCUT2D eigenvalue weighted by Gasteiger charge is -2.27. The van der Waals surface area contributed by atoms with Crippen LogP contribution in [0.4, 0.5) is 0 Å². The molecule has 1 saturated heterocycles. The second-order valence-corrected chi connectivity index (χ2v) is 4.97. The number of rotatable bonds is 5. The van der Waals surface area contributed by atoms with E-state index in [9.17, 15) is 4.79 Å². The number of aryl methyl sites for hydroxylation is 1. The number of nitrogens with zero attached hydrogens (tertiary/aromatic N) is 3. The van der Waals surface area contributed by atoms with Gasteiger partial charge in [-0.05, 0) is 19.9 Å². The molecule has 1 amide bonds. The van der Waals surface area contributed by atoms with Crippen molar-refractivity contribution in [3.8, 4) is 0 Å². The molecule has 6 nitrogen and oxygen atoms in total. The van der Waals surface area contributed by atoms with E-state index in [0.717, 1.165) is 51.4 Å². The Balaban J connectivity index is 0.00000200. The average Bonchev–Trinajstić information content (AvgIpc) is 2.76. The summed E-state index contributed by atoms with van der Waals surface area (Å²) in [4.78, 5) is 14.4. The Morgan fingerprint density at radius 1 is 1.45 bits per heavy atom. The molecule has 2 heterocycles. The van der Waals surface area contributed by atoms with Crippen molar-refractivity contribution in [2.24, 2.45) is 7.05 Å². The first-order chi connectivity index (χ1) is 9.18. The molecule has 114 valence electrons. The van der Waals surface area contributed by atoms with Crippen LogP contribution in [0.3, 0.4) is 0 Å². The Hall–Kier alpha value is -1.11. The van der Waals surface area contributed by atoms with Gasteiger partial charge in [-0.3, -0.25) is 9.48 Å². The monoisotopic (exact) mass is 301 g/mol. The summed E-state index contributed by atoms with van der Waals surface area (Å²) < 4.78 is 1.72. The molecule has 0 radical (unpaired) electrons. The Labute approximate surface area is 126 Å². The Morgan fingerprint density at radius 3 is 2.75 bits per heavy atom. The van der Waals surface area contributed by atoms with E-state index in [1.165, 1.54) is 0 Å². The maximum absolute atomic E-state index is 11.9. The van der Waals surface area contributed by atoms with Crippen molar-refractivity contribution in [3.63, 3.8) is 0 Å². The van der Waals surface area contributed by atoms with Crippen LogP contribution in [0.25, 0.3) is 0 Å². The van der Waals surface area contributed by atoms with Crippen molar-refractivity contribution < 1.29 is 4.79 Å². The lowest BCUT2D eigenvalue weighted by atomic mass is 10.2. The number of amides is 1. The molecule has 0 saturated carbocycles. The maximum Gasteiger partial charge on any atom is 0.254 e. The zero-order valence-corrected chi connectivity index (χ0v) is 13.0. The van der Waals surface area contributed by atoms with Crippen LogP contribution in [0.5, 0.6) is 0 Å². The van der Waals surface area contributed by atoms with Gasteiger partial charge in [0.15, 0.2) is 0 Å². The molecule has 0 atom stereocenters. The van der Waals surface area contributed by atoms with E-state index in [2.05, 4.69) is 20.6 Å². The van der Waals surface area contributed by atoms with Crippen LogP contribution in [-0.4, -0.2) is 59.9 Å². The quantitative estimate of drug-likeness (QED) is 0.762. The largest absolute Gasteiger partial charge is 0.352 e. The standard InChI is InChI=1S/C13H23N5O.ClH/c1-11-12(10-16-17(11)2)13(19)15-4-3-7-18-8-5-14-6-9-18;/h10,14H,3-9H2,1-2H3,(H,15,19);1H. The summed E-state index contributed by atoms with van der Waals surface area (Å²) in [5, 5.41) is 10.4. The number of aromatic nitrogens is 2. The fourth-order valence-electron chi connectivity index (χ4n) is 2.26. The normalized spacial score (nSPS) is 15.7. The van der Waals surface area contributed by atoms with Crippen LogP contribution < -0.4 is 10.6 Å². The van der Waals surface area contributed by atoms with E-state index in [4.69, 9.17) is 0 Å². The number of carbonyl (C=O) groups excluding carboxylic acids is 1. The minimum atomic E-state index is -0.0223.